The Labute approximate surface area is 117 Å². The molecule has 1 aromatic carbocycles. The van der Waals surface area contributed by atoms with Crippen LogP contribution >= 0.6 is 10.9 Å². The topological polar surface area (TPSA) is 61.7 Å². The van der Waals surface area contributed by atoms with E-state index in [0.717, 1.165) is 18.4 Å². The van der Waals surface area contributed by atoms with Gasteiger partial charge in [0.25, 0.3) is 0 Å². The number of hydrogen-bond donors (Lipinski definition) is 3. The van der Waals surface area contributed by atoms with Crippen LogP contribution in [0.25, 0.3) is 0 Å². The molecule has 4 nitrogen and oxygen atoms in total. The van der Waals surface area contributed by atoms with Gasteiger partial charge in [0.05, 0.1) is 4.90 Å². The number of aryl methyl sites for hydroxylation is 1. The average Bonchev–Trinajstić information content (AvgIpc) is 2.28. The van der Waals surface area contributed by atoms with Gasteiger partial charge in [0, 0.05) is 6.54 Å². The summed E-state index contributed by atoms with van der Waals surface area (Å²) in [6.07, 6.45) is 2.13. The van der Waals surface area contributed by atoms with Crippen LogP contribution in [0.1, 0.15) is 39.2 Å². The fourth-order valence-electron chi connectivity index (χ4n) is 1.84. The van der Waals surface area contributed by atoms with Crippen LogP contribution in [-0.2, 0) is 4.28 Å². The minimum Gasteiger partial charge on any atom is -0.303 e. The molecule has 19 heavy (non-hydrogen) atoms. The lowest BCUT2D eigenvalue weighted by Crippen LogP contribution is -2.30. The van der Waals surface area contributed by atoms with Gasteiger partial charge < -0.3 is 9.11 Å². The lowest BCUT2D eigenvalue weighted by atomic mass is 9.88. The minimum absolute atomic E-state index is 0.0670. The van der Waals surface area contributed by atoms with Gasteiger partial charge in [-0.1, -0.05) is 44.9 Å². The van der Waals surface area contributed by atoms with Crippen LogP contribution in [0, 0.1) is 12.3 Å². The van der Waals surface area contributed by atoms with Gasteiger partial charge in [0.1, 0.15) is 10.9 Å². The Balaban J connectivity index is 2.53. The second kappa shape index (κ2) is 6.72. The van der Waals surface area contributed by atoms with E-state index in [4.69, 9.17) is 4.28 Å². The molecular formula is C14H25NO3S. The molecule has 1 aromatic rings. The largest absolute Gasteiger partial charge is 0.303 e. The smallest absolute Gasteiger partial charge is 0.132 e. The molecule has 1 rings (SSSR count). The van der Waals surface area contributed by atoms with Gasteiger partial charge >= 0.3 is 0 Å². The summed E-state index contributed by atoms with van der Waals surface area (Å²) in [5, 5.41) is 0. The van der Waals surface area contributed by atoms with Crippen LogP contribution < -0.4 is 5.48 Å². The van der Waals surface area contributed by atoms with E-state index in [1.54, 1.807) is 12.1 Å². The van der Waals surface area contributed by atoms with Crippen molar-refractivity contribution in [3.8, 4) is 0 Å². The van der Waals surface area contributed by atoms with E-state index in [-0.39, 0.29) is 5.41 Å². The molecule has 3 N–H and O–H groups in total. The summed E-state index contributed by atoms with van der Waals surface area (Å²) in [6, 6.07) is 6.99. The van der Waals surface area contributed by atoms with E-state index in [1.165, 1.54) is 0 Å². The number of nitrogens with one attached hydrogen (secondary N) is 1. The first-order valence-corrected chi connectivity index (χ1v) is 8.00. The Morgan fingerprint density at radius 1 is 1.21 bits per heavy atom. The molecule has 0 atom stereocenters. The molecule has 0 spiro atoms. The zero-order valence-electron chi connectivity index (χ0n) is 12.1. The number of hydrogen-bond acceptors (Lipinski definition) is 4. The molecule has 0 saturated carbocycles. The SMILES string of the molecule is CCCC(C)(C)CNOS(O)(O)c1ccc(C)cc1. The summed E-state index contributed by atoms with van der Waals surface area (Å²) in [6.45, 7) is 8.88. The van der Waals surface area contributed by atoms with E-state index in [1.807, 2.05) is 19.1 Å². The van der Waals surface area contributed by atoms with Crippen LogP contribution in [0.15, 0.2) is 29.2 Å². The molecule has 110 valence electrons. The Morgan fingerprint density at radius 3 is 2.32 bits per heavy atom. The summed E-state index contributed by atoms with van der Waals surface area (Å²) in [5.41, 5.74) is 3.83. The molecule has 0 aliphatic carbocycles. The van der Waals surface area contributed by atoms with Crippen molar-refractivity contribution in [2.45, 2.75) is 45.4 Å². The number of rotatable bonds is 7. The average molecular weight is 287 g/mol. The van der Waals surface area contributed by atoms with Gasteiger partial charge in [-0.15, -0.1) is 0 Å². The second-order valence-electron chi connectivity index (χ2n) is 5.63. The van der Waals surface area contributed by atoms with Gasteiger partial charge in [-0.2, -0.15) is 9.76 Å². The van der Waals surface area contributed by atoms with Crippen molar-refractivity contribution in [1.29, 1.82) is 0 Å². The first-order chi connectivity index (χ1) is 8.77. The Hall–Kier alpha value is -0.590. The van der Waals surface area contributed by atoms with Crippen molar-refractivity contribution in [2.75, 3.05) is 6.54 Å². The van der Waals surface area contributed by atoms with Gasteiger partial charge in [0.15, 0.2) is 0 Å². The molecule has 0 aromatic heterocycles. The molecule has 5 heteroatoms. The molecule has 0 heterocycles. The standard InChI is InChI=1S/C14H25NO3S/c1-5-10-14(3,4)11-15-18-19(16,17)13-8-6-12(2)7-9-13/h6-9,15-17H,5,10-11H2,1-4H3. The summed E-state index contributed by atoms with van der Waals surface area (Å²) in [5.74, 6) is 0. The minimum atomic E-state index is -3.23. The Morgan fingerprint density at radius 2 is 1.79 bits per heavy atom. The highest BCUT2D eigenvalue weighted by molar-refractivity contribution is 8.20. The maximum atomic E-state index is 9.96. The van der Waals surface area contributed by atoms with Crippen molar-refractivity contribution in [1.82, 2.24) is 5.48 Å². The highest BCUT2D eigenvalue weighted by atomic mass is 32.3. The van der Waals surface area contributed by atoms with Crippen molar-refractivity contribution in [3.05, 3.63) is 29.8 Å². The van der Waals surface area contributed by atoms with Gasteiger partial charge in [-0.05, 0) is 30.9 Å². The van der Waals surface area contributed by atoms with E-state index in [0.29, 0.717) is 11.4 Å². The first kappa shape index (κ1) is 16.5. The third-order valence-electron chi connectivity index (χ3n) is 2.98. The maximum absolute atomic E-state index is 9.96. The predicted octanol–water partition coefficient (Wildman–Crippen LogP) is 4.37. The maximum Gasteiger partial charge on any atom is 0.132 e. The Bertz CT molecular complexity index is 390. The number of hydroxylamine groups is 1. The lowest BCUT2D eigenvalue weighted by molar-refractivity contribution is 0.129. The quantitative estimate of drug-likeness (QED) is 0.652. The molecular weight excluding hydrogens is 262 g/mol. The van der Waals surface area contributed by atoms with Crippen molar-refractivity contribution in [2.24, 2.45) is 5.41 Å². The third-order valence-corrected chi connectivity index (χ3v) is 4.22. The van der Waals surface area contributed by atoms with Gasteiger partial charge in [0.2, 0.25) is 0 Å². The molecule has 0 bridgehead atoms. The monoisotopic (exact) mass is 287 g/mol. The van der Waals surface area contributed by atoms with E-state index >= 15 is 0 Å². The summed E-state index contributed by atoms with van der Waals surface area (Å²) in [7, 11) is -3.23. The second-order valence-corrected chi connectivity index (χ2v) is 7.26. The van der Waals surface area contributed by atoms with Crippen LogP contribution in [0.5, 0.6) is 0 Å². The summed E-state index contributed by atoms with van der Waals surface area (Å²) >= 11 is 0. The summed E-state index contributed by atoms with van der Waals surface area (Å²) in [4.78, 5) is 0.388. The summed E-state index contributed by atoms with van der Waals surface area (Å²) < 4.78 is 25.0. The van der Waals surface area contributed by atoms with Crippen LogP contribution in [0.2, 0.25) is 0 Å². The highest BCUT2D eigenvalue weighted by Gasteiger charge is 2.23. The van der Waals surface area contributed by atoms with E-state index in [9.17, 15) is 9.11 Å². The molecule has 0 aliphatic heterocycles. The highest BCUT2D eigenvalue weighted by Crippen LogP contribution is 2.48. The molecule has 0 unspecified atom stereocenters. The van der Waals surface area contributed by atoms with Crippen LogP contribution in [0.3, 0.4) is 0 Å². The van der Waals surface area contributed by atoms with Crippen molar-refractivity contribution >= 4 is 10.9 Å². The fourth-order valence-corrected chi connectivity index (χ4v) is 2.65. The van der Waals surface area contributed by atoms with Crippen LogP contribution in [0.4, 0.5) is 0 Å². The first-order valence-electron chi connectivity index (χ1n) is 6.53. The van der Waals surface area contributed by atoms with Crippen molar-refractivity contribution in [3.63, 3.8) is 0 Å². The number of benzene rings is 1. The Kier molecular flexibility index (Phi) is 5.82. The molecule has 0 amide bonds. The zero-order valence-corrected chi connectivity index (χ0v) is 13.0. The van der Waals surface area contributed by atoms with E-state index in [2.05, 4.69) is 26.3 Å². The molecule has 0 aliphatic rings. The normalized spacial score (nSPS) is 13.6. The van der Waals surface area contributed by atoms with Gasteiger partial charge in [-0.3, -0.25) is 0 Å². The zero-order chi connectivity index (χ0) is 14.5. The van der Waals surface area contributed by atoms with Crippen LogP contribution in [-0.4, -0.2) is 15.7 Å². The molecule has 0 fully saturated rings. The van der Waals surface area contributed by atoms with E-state index < -0.39 is 10.9 Å². The molecule has 0 saturated heterocycles. The molecule has 0 radical (unpaired) electrons. The predicted molar refractivity (Wildman–Crippen MR) is 80.1 cm³/mol. The third kappa shape index (κ3) is 5.50. The van der Waals surface area contributed by atoms with Crippen molar-refractivity contribution < 1.29 is 13.4 Å². The fraction of sp³-hybridized carbons (Fsp3) is 0.571. The lowest BCUT2D eigenvalue weighted by Gasteiger charge is -2.29. The van der Waals surface area contributed by atoms with Gasteiger partial charge in [-0.25, -0.2) is 0 Å².